The van der Waals surface area contributed by atoms with Crippen molar-refractivity contribution < 1.29 is 8.42 Å². The molecular weight excluding hydrogens is 266 g/mol. The van der Waals surface area contributed by atoms with Crippen LogP contribution in [0.2, 0.25) is 0 Å². The van der Waals surface area contributed by atoms with Crippen molar-refractivity contribution in [1.82, 2.24) is 14.8 Å². The first-order valence-electron chi connectivity index (χ1n) is 5.80. The van der Waals surface area contributed by atoms with Gasteiger partial charge in [0.25, 0.3) is 10.0 Å². The van der Waals surface area contributed by atoms with E-state index in [2.05, 4.69) is 20.1 Å². The van der Waals surface area contributed by atoms with Gasteiger partial charge in [-0.2, -0.15) is 10.1 Å². The number of sulfonamides is 1. The second-order valence-corrected chi connectivity index (χ2v) is 5.99. The minimum Gasteiger partial charge on any atom is -0.384 e. The van der Waals surface area contributed by atoms with Crippen molar-refractivity contribution in [3.8, 4) is 0 Å². The maximum atomic E-state index is 12.2. The lowest BCUT2D eigenvalue weighted by molar-refractivity contribution is 0.600. The van der Waals surface area contributed by atoms with Gasteiger partial charge in [-0.05, 0) is 24.1 Å². The summed E-state index contributed by atoms with van der Waals surface area (Å²) in [6.45, 7) is 0.843. The van der Waals surface area contributed by atoms with Crippen LogP contribution in [0, 0.1) is 0 Å². The van der Waals surface area contributed by atoms with Gasteiger partial charge >= 0.3 is 0 Å². The molecule has 0 aliphatic carbocycles. The molecular formula is C11H13N5O2S. The maximum Gasteiger partial charge on any atom is 0.264 e. The van der Waals surface area contributed by atoms with Gasteiger partial charge in [-0.25, -0.2) is 17.8 Å². The van der Waals surface area contributed by atoms with Crippen LogP contribution in [0.3, 0.4) is 0 Å². The third-order valence-electron chi connectivity index (χ3n) is 3.04. The highest BCUT2D eigenvalue weighted by molar-refractivity contribution is 7.92. The van der Waals surface area contributed by atoms with E-state index in [9.17, 15) is 8.42 Å². The van der Waals surface area contributed by atoms with Gasteiger partial charge in [-0.3, -0.25) is 0 Å². The van der Waals surface area contributed by atoms with Crippen molar-refractivity contribution in [2.24, 2.45) is 7.05 Å². The van der Waals surface area contributed by atoms with E-state index in [4.69, 9.17) is 0 Å². The predicted octanol–water partition coefficient (Wildman–Crippen LogP) is 0.584. The molecule has 0 spiro atoms. The quantitative estimate of drug-likeness (QED) is 0.858. The van der Waals surface area contributed by atoms with E-state index in [1.165, 1.54) is 11.0 Å². The molecule has 2 aromatic rings. The van der Waals surface area contributed by atoms with E-state index in [0.29, 0.717) is 0 Å². The summed E-state index contributed by atoms with van der Waals surface area (Å²) in [6, 6.07) is 5.08. The average molecular weight is 279 g/mol. The van der Waals surface area contributed by atoms with Crippen LogP contribution in [0.5, 0.6) is 0 Å². The van der Waals surface area contributed by atoms with Gasteiger partial charge in [-0.15, -0.1) is 0 Å². The predicted molar refractivity (Wildman–Crippen MR) is 70.4 cm³/mol. The Morgan fingerprint density at radius 3 is 3.00 bits per heavy atom. The van der Waals surface area contributed by atoms with E-state index in [1.807, 2.05) is 6.07 Å². The van der Waals surface area contributed by atoms with Gasteiger partial charge in [-0.1, -0.05) is 6.07 Å². The molecule has 7 nitrogen and oxygen atoms in total. The number of aromatic nitrogens is 3. The largest absolute Gasteiger partial charge is 0.384 e. The van der Waals surface area contributed by atoms with Crippen LogP contribution in [0.15, 0.2) is 29.4 Å². The number of aryl methyl sites for hydroxylation is 1. The molecule has 0 radical (unpaired) electrons. The average Bonchev–Trinajstić information content (AvgIpc) is 2.97. The van der Waals surface area contributed by atoms with Gasteiger partial charge in [0.05, 0.1) is 4.90 Å². The summed E-state index contributed by atoms with van der Waals surface area (Å²) in [5.41, 5.74) is 2.01. The zero-order valence-electron chi connectivity index (χ0n) is 10.3. The van der Waals surface area contributed by atoms with Gasteiger partial charge < -0.3 is 5.32 Å². The number of nitrogens with zero attached hydrogens (tertiary/aromatic N) is 3. The summed E-state index contributed by atoms with van der Waals surface area (Å²) >= 11 is 0. The topological polar surface area (TPSA) is 88.9 Å². The van der Waals surface area contributed by atoms with Gasteiger partial charge in [0.2, 0.25) is 5.95 Å². The molecule has 0 fully saturated rings. The van der Waals surface area contributed by atoms with Crippen molar-refractivity contribution in [2.75, 3.05) is 16.6 Å². The smallest absolute Gasteiger partial charge is 0.264 e. The number of nitrogens with one attached hydrogen (secondary N) is 2. The Labute approximate surface area is 110 Å². The minimum absolute atomic E-state index is 0.188. The summed E-state index contributed by atoms with van der Waals surface area (Å²) in [7, 11) is -2.02. The SMILES string of the molecule is Cn1ncnc1NS(=O)(=O)c1ccc2c(c1)NCC2. The molecule has 1 aromatic heterocycles. The number of fused-ring (bicyclic) bond motifs is 1. The Kier molecular flexibility index (Phi) is 2.67. The summed E-state index contributed by atoms with van der Waals surface area (Å²) in [5, 5.41) is 6.98. The first-order chi connectivity index (χ1) is 9.06. The maximum absolute atomic E-state index is 12.2. The third-order valence-corrected chi connectivity index (χ3v) is 4.36. The van der Waals surface area contributed by atoms with Crippen LogP contribution < -0.4 is 10.0 Å². The Morgan fingerprint density at radius 1 is 1.42 bits per heavy atom. The van der Waals surface area contributed by atoms with E-state index in [1.54, 1.807) is 19.2 Å². The highest BCUT2D eigenvalue weighted by Crippen LogP contribution is 2.26. The lowest BCUT2D eigenvalue weighted by atomic mass is 10.2. The van der Waals surface area contributed by atoms with Crippen LogP contribution in [0.4, 0.5) is 11.6 Å². The van der Waals surface area contributed by atoms with Crippen LogP contribution in [-0.4, -0.2) is 29.7 Å². The first kappa shape index (κ1) is 12.0. The highest BCUT2D eigenvalue weighted by atomic mass is 32.2. The highest BCUT2D eigenvalue weighted by Gasteiger charge is 2.19. The minimum atomic E-state index is -3.64. The Balaban J connectivity index is 1.94. The Morgan fingerprint density at radius 2 is 2.26 bits per heavy atom. The lowest BCUT2D eigenvalue weighted by Gasteiger charge is -2.08. The molecule has 0 atom stereocenters. The molecule has 1 aliphatic heterocycles. The monoisotopic (exact) mass is 279 g/mol. The van der Waals surface area contributed by atoms with Crippen LogP contribution in [-0.2, 0) is 23.5 Å². The summed E-state index contributed by atoms with van der Waals surface area (Å²) in [4.78, 5) is 4.06. The fourth-order valence-corrected chi connectivity index (χ4v) is 3.07. The zero-order chi connectivity index (χ0) is 13.5. The van der Waals surface area contributed by atoms with E-state index in [-0.39, 0.29) is 10.8 Å². The molecule has 2 N–H and O–H groups in total. The third kappa shape index (κ3) is 2.14. The number of rotatable bonds is 3. The molecule has 1 aromatic carbocycles. The van der Waals surface area contributed by atoms with E-state index < -0.39 is 10.0 Å². The summed E-state index contributed by atoms with van der Waals surface area (Å²) < 4.78 is 28.2. The van der Waals surface area contributed by atoms with Crippen LogP contribution in [0.25, 0.3) is 0 Å². The number of benzene rings is 1. The summed E-state index contributed by atoms with van der Waals surface area (Å²) in [5.74, 6) is 0.188. The Hall–Kier alpha value is -2.09. The van der Waals surface area contributed by atoms with Crippen molar-refractivity contribution in [2.45, 2.75) is 11.3 Å². The fraction of sp³-hybridized carbons (Fsp3) is 0.273. The second-order valence-electron chi connectivity index (χ2n) is 4.31. The molecule has 8 heteroatoms. The van der Waals surface area contributed by atoms with Gasteiger partial charge in [0, 0.05) is 19.3 Å². The molecule has 0 saturated carbocycles. The fourth-order valence-electron chi connectivity index (χ4n) is 2.00. The lowest BCUT2D eigenvalue weighted by Crippen LogP contribution is -2.16. The molecule has 2 heterocycles. The van der Waals surface area contributed by atoms with E-state index in [0.717, 1.165) is 24.2 Å². The standard InChI is InChI=1S/C11H13N5O2S/c1-16-11(13-7-14-16)15-19(17,18)9-3-2-8-4-5-12-10(8)6-9/h2-3,6-7,12H,4-5H2,1H3,(H,13,14,15). The zero-order valence-corrected chi connectivity index (χ0v) is 11.1. The molecule has 1 aliphatic rings. The molecule has 0 bridgehead atoms. The van der Waals surface area contributed by atoms with Gasteiger partial charge in [0.1, 0.15) is 6.33 Å². The number of hydrogen-bond donors (Lipinski definition) is 2. The van der Waals surface area contributed by atoms with Crippen molar-refractivity contribution in [1.29, 1.82) is 0 Å². The van der Waals surface area contributed by atoms with Gasteiger partial charge in [0.15, 0.2) is 0 Å². The molecule has 19 heavy (non-hydrogen) atoms. The van der Waals surface area contributed by atoms with Crippen LogP contribution in [0.1, 0.15) is 5.56 Å². The van der Waals surface area contributed by atoms with Crippen molar-refractivity contribution >= 4 is 21.7 Å². The molecule has 0 saturated heterocycles. The van der Waals surface area contributed by atoms with Crippen molar-refractivity contribution in [3.05, 3.63) is 30.1 Å². The normalized spacial score (nSPS) is 13.9. The number of hydrogen-bond acceptors (Lipinski definition) is 5. The van der Waals surface area contributed by atoms with E-state index >= 15 is 0 Å². The molecule has 100 valence electrons. The first-order valence-corrected chi connectivity index (χ1v) is 7.28. The number of anilines is 2. The molecule has 0 amide bonds. The summed E-state index contributed by atoms with van der Waals surface area (Å²) in [6.07, 6.45) is 2.22. The molecule has 0 unspecified atom stereocenters. The second kappa shape index (κ2) is 4.23. The van der Waals surface area contributed by atoms with Crippen molar-refractivity contribution in [3.63, 3.8) is 0 Å². The Bertz CT molecular complexity index is 722. The molecule has 3 rings (SSSR count). The van der Waals surface area contributed by atoms with Crippen LogP contribution >= 0.6 is 0 Å².